The molecule has 4 N–H and O–H groups in total. The van der Waals surface area contributed by atoms with Gasteiger partial charge in [-0.3, -0.25) is 0 Å². The van der Waals surface area contributed by atoms with Crippen molar-refractivity contribution in [1.82, 2.24) is 5.01 Å². The van der Waals surface area contributed by atoms with Crippen molar-refractivity contribution in [3.63, 3.8) is 0 Å². The van der Waals surface area contributed by atoms with Gasteiger partial charge in [0.05, 0.1) is 0 Å². The van der Waals surface area contributed by atoms with Crippen LogP contribution in [0.1, 0.15) is 32.6 Å². The van der Waals surface area contributed by atoms with Crippen molar-refractivity contribution in [3.8, 4) is 0 Å². The molecule has 1 fully saturated rings. The lowest BCUT2D eigenvalue weighted by Crippen LogP contribution is -2.39. The van der Waals surface area contributed by atoms with Gasteiger partial charge < -0.3 is 10.7 Å². The van der Waals surface area contributed by atoms with Gasteiger partial charge in [-0.1, -0.05) is 19.8 Å². The van der Waals surface area contributed by atoms with Gasteiger partial charge in [0.1, 0.15) is 0 Å². The average Bonchev–Trinajstić information content (AvgIpc) is 2.05. The monoisotopic (exact) mass is 169 g/mol. The van der Waals surface area contributed by atoms with E-state index < -0.39 is 0 Å². The van der Waals surface area contributed by atoms with Crippen LogP contribution < -0.4 is 11.6 Å². The summed E-state index contributed by atoms with van der Waals surface area (Å²) in [4.78, 5) is 0. The highest BCUT2D eigenvalue weighted by atomic mass is 15.4. The Morgan fingerprint density at radius 1 is 1.42 bits per heavy atom. The van der Waals surface area contributed by atoms with Crippen molar-refractivity contribution in [2.75, 3.05) is 0 Å². The molecule has 3 heteroatoms. The fraction of sp³-hybridized carbons (Fsp3) is 0.778. The number of hydrogen-bond acceptors (Lipinski definition) is 3. The van der Waals surface area contributed by atoms with Crippen LogP contribution in [0.15, 0.2) is 12.4 Å². The first-order valence-corrected chi connectivity index (χ1v) is 4.65. The van der Waals surface area contributed by atoms with Crippen molar-refractivity contribution < 1.29 is 0 Å². The number of nitrogens with zero attached hydrogens (tertiary/aromatic N) is 1. The molecule has 1 saturated carbocycles. The molecule has 0 saturated heterocycles. The van der Waals surface area contributed by atoms with Gasteiger partial charge in [-0.25, -0.2) is 5.84 Å². The second-order valence-corrected chi connectivity index (χ2v) is 3.71. The van der Waals surface area contributed by atoms with Crippen LogP contribution in [0.5, 0.6) is 0 Å². The minimum atomic E-state index is 0.494. The minimum Gasteiger partial charge on any atom is -0.403 e. The predicted molar refractivity (Wildman–Crippen MR) is 50.8 cm³/mol. The Morgan fingerprint density at radius 3 is 2.75 bits per heavy atom. The predicted octanol–water partition coefficient (Wildman–Crippen LogP) is 1.17. The van der Waals surface area contributed by atoms with Gasteiger partial charge in [-0.15, -0.1) is 0 Å². The van der Waals surface area contributed by atoms with E-state index in [0.717, 1.165) is 5.92 Å². The standard InChI is InChI=1S/C9H19N3/c1-8-3-2-4-9(7-8)12(11)6-5-10/h5-6,8-9H,2-4,7,10-11H2,1H3/b6-5-. The van der Waals surface area contributed by atoms with Gasteiger partial charge in [0.2, 0.25) is 0 Å². The number of nitrogens with two attached hydrogens (primary N) is 2. The first-order valence-electron chi connectivity index (χ1n) is 4.65. The van der Waals surface area contributed by atoms with Crippen molar-refractivity contribution >= 4 is 0 Å². The van der Waals surface area contributed by atoms with E-state index in [2.05, 4.69) is 6.92 Å². The fourth-order valence-electron chi connectivity index (χ4n) is 1.89. The zero-order chi connectivity index (χ0) is 8.97. The van der Waals surface area contributed by atoms with Crippen LogP contribution in [0.4, 0.5) is 0 Å². The maximum absolute atomic E-state index is 5.79. The molecule has 1 rings (SSSR count). The van der Waals surface area contributed by atoms with E-state index in [9.17, 15) is 0 Å². The Morgan fingerprint density at radius 2 is 2.17 bits per heavy atom. The number of hydrogen-bond donors (Lipinski definition) is 2. The smallest absolute Gasteiger partial charge is 0.0448 e. The van der Waals surface area contributed by atoms with Crippen LogP contribution in [0.2, 0.25) is 0 Å². The van der Waals surface area contributed by atoms with E-state index in [1.165, 1.54) is 31.9 Å². The molecule has 0 spiro atoms. The van der Waals surface area contributed by atoms with E-state index >= 15 is 0 Å². The molecule has 3 nitrogen and oxygen atoms in total. The minimum absolute atomic E-state index is 0.494. The zero-order valence-corrected chi connectivity index (χ0v) is 7.74. The van der Waals surface area contributed by atoms with E-state index in [1.54, 1.807) is 11.2 Å². The van der Waals surface area contributed by atoms with Crippen LogP contribution in [0, 0.1) is 5.92 Å². The van der Waals surface area contributed by atoms with Gasteiger partial charge in [0, 0.05) is 18.4 Å². The Hall–Kier alpha value is -0.700. The van der Waals surface area contributed by atoms with Crippen LogP contribution in [-0.2, 0) is 0 Å². The Balaban J connectivity index is 2.39. The molecule has 0 aromatic carbocycles. The fourth-order valence-corrected chi connectivity index (χ4v) is 1.89. The highest BCUT2D eigenvalue weighted by molar-refractivity contribution is 4.83. The molecule has 1 aliphatic carbocycles. The quantitative estimate of drug-likeness (QED) is 0.482. The third-order valence-corrected chi connectivity index (χ3v) is 2.59. The van der Waals surface area contributed by atoms with Crippen molar-refractivity contribution in [1.29, 1.82) is 0 Å². The Kier molecular flexibility index (Phi) is 3.41. The van der Waals surface area contributed by atoms with Gasteiger partial charge in [0.25, 0.3) is 0 Å². The van der Waals surface area contributed by atoms with Crippen molar-refractivity contribution in [3.05, 3.63) is 12.4 Å². The van der Waals surface area contributed by atoms with E-state index in [4.69, 9.17) is 11.6 Å². The van der Waals surface area contributed by atoms with Crippen LogP contribution in [0.25, 0.3) is 0 Å². The summed E-state index contributed by atoms with van der Waals surface area (Å²) in [6.45, 7) is 2.28. The molecule has 0 radical (unpaired) electrons. The van der Waals surface area contributed by atoms with Crippen LogP contribution in [0.3, 0.4) is 0 Å². The van der Waals surface area contributed by atoms with Crippen molar-refractivity contribution in [2.24, 2.45) is 17.5 Å². The summed E-state index contributed by atoms with van der Waals surface area (Å²) in [6, 6.07) is 0.494. The number of rotatable bonds is 2. The van der Waals surface area contributed by atoms with Gasteiger partial charge in [-0.05, 0) is 18.8 Å². The molecule has 70 valence electrons. The number of hydrazine groups is 1. The summed E-state index contributed by atoms with van der Waals surface area (Å²) in [5.41, 5.74) is 5.27. The normalized spacial score (nSPS) is 30.8. The molecule has 0 heterocycles. The third kappa shape index (κ3) is 2.41. The SMILES string of the molecule is CC1CCCC(N(N)/C=C\N)C1. The highest BCUT2D eigenvalue weighted by Gasteiger charge is 2.20. The Labute approximate surface area is 74.4 Å². The summed E-state index contributed by atoms with van der Waals surface area (Å²) in [5, 5.41) is 1.75. The second-order valence-electron chi connectivity index (χ2n) is 3.71. The summed E-state index contributed by atoms with van der Waals surface area (Å²) in [5.74, 6) is 6.59. The summed E-state index contributed by atoms with van der Waals surface area (Å²) in [7, 11) is 0. The Bertz CT molecular complexity index is 156. The maximum Gasteiger partial charge on any atom is 0.0448 e. The first-order chi connectivity index (χ1) is 5.74. The summed E-state index contributed by atoms with van der Waals surface area (Å²) in [6.07, 6.45) is 8.28. The van der Waals surface area contributed by atoms with E-state index in [1.807, 2.05) is 0 Å². The molecule has 0 aromatic heterocycles. The average molecular weight is 169 g/mol. The molecule has 0 amide bonds. The molecule has 2 unspecified atom stereocenters. The maximum atomic E-state index is 5.79. The highest BCUT2D eigenvalue weighted by Crippen LogP contribution is 2.25. The van der Waals surface area contributed by atoms with Gasteiger partial charge >= 0.3 is 0 Å². The molecule has 2 atom stereocenters. The lowest BCUT2D eigenvalue weighted by molar-refractivity contribution is 0.188. The first kappa shape index (κ1) is 9.39. The molecular weight excluding hydrogens is 150 g/mol. The molecule has 12 heavy (non-hydrogen) atoms. The summed E-state index contributed by atoms with van der Waals surface area (Å²) < 4.78 is 0. The molecule has 0 aliphatic heterocycles. The largest absolute Gasteiger partial charge is 0.403 e. The lowest BCUT2D eigenvalue weighted by Gasteiger charge is -2.32. The van der Waals surface area contributed by atoms with Crippen LogP contribution >= 0.6 is 0 Å². The van der Waals surface area contributed by atoms with E-state index in [-0.39, 0.29) is 0 Å². The summed E-state index contributed by atoms with van der Waals surface area (Å²) >= 11 is 0. The lowest BCUT2D eigenvalue weighted by atomic mass is 9.87. The van der Waals surface area contributed by atoms with Gasteiger partial charge in [0.15, 0.2) is 0 Å². The third-order valence-electron chi connectivity index (χ3n) is 2.59. The molecule has 1 aliphatic rings. The van der Waals surface area contributed by atoms with Crippen LogP contribution in [-0.4, -0.2) is 11.1 Å². The van der Waals surface area contributed by atoms with E-state index in [0.29, 0.717) is 6.04 Å². The molecule has 0 bridgehead atoms. The van der Waals surface area contributed by atoms with Gasteiger partial charge in [-0.2, -0.15) is 0 Å². The molecular formula is C9H19N3. The second kappa shape index (κ2) is 4.36. The zero-order valence-electron chi connectivity index (χ0n) is 7.74. The molecule has 0 aromatic rings. The van der Waals surface area contributed by atoms with Crippen molar-refractivity contribution in [2.45, 2.75) is 38.6 Å². The topological polar surface area (TPSA) is 55.3 Å².